The molecule has 2 aliphatic rings. The largest absolute Gasteiger partial charge is 0.357 e. The van der Waals surface area contributed by atoms with E-state index in [1.165, 1.54) is 11.8 Å². The van der Waals surface area contributed by atoms with Crippen LogP contribution in [0.15, 0.2) is 9.70 Å². The first kappa shape index (κ1) is 26.5. The fourth-order valence-electron chi connectivity index (χ4n) is 4.73. The molecule has 184 valence electrons. The number of pyridine rings is 1. The Morgan fingerprint density at radius 1 is 1.18 bits per heavy atom. The third-order valence-corrected chi connectivity index (χ3v) is 8.05. The highest BCUT2D eigenvalue weighted by molar-refractivity contribution is 8.26. The summed E-state index contributed by atoms with van der Waals surface area (Å²) >= 11 is 6.85. The number of aromatic nitrogens is 1. The lowest BCUT2D eigenvalue weighted by Crippen LogP contribution is -2.40. The number of carbonyl (C=O) groups is 1. The zero-order chi connectivity index (χ0) is 24.8. The van der Waals surface area contributed by atoms with Gasteiger partial charge in [-0.3, -0.25) is 19.1 Å². The van der Waals surface area contributed by atoms with Crippen molar-refractivity contribution in [2.45, 2.75) is 79.2 Å². The number of amides is 1. The first-order valence-corrected chi connectivity index (χ1v) is 13.7. The maximum atomic E-state index is 13.4. The molecule has 0 N–H and O–H groups in total. The molecular formula is C26H36N4O2S2. The molecule has 0 saturated carbocycles. The Kier molecular flexibility index (Phi) is 9.38. The first-order valence-electron chi connectivity index (χ1n) is 12.5. The van der Waals surface area contributed by atoms with Gasteiger partial charge in [0.05, 0.1) is 4.91 Å². The molecule has 6 nitrogen and oxygen atoms in total. The lowest BCUT2D eigenvalue weighted by molar-refractivity contribution is -0.122. The highest BCUT2D eigenvalue weighted by Gasteiger charge is 2.33. The Bertz CT molecular complexity index is 1070. The number of nitrogens with zero attached hydrogens (tertiary/aromatic N) is 4. The lowest BCUT2D eigenvalue weighted by Gasteiger charge is -2.36. The van der Waals surface area contributed by atoms with E-state index in [-0.39, 0.29) is 17.0 Å². The van der Waals surface area contributed by atoms with Crippen molar-refractivity contribution in [3.8, 4) is 6.07 Å². The van der Waals surface area contributed by atoms with Gasteiger partial charge in [0.1, 0.15) is 21.8 Å². The van der Waals surface area contributed by atoms with Crippen LogP contribution in [0.3, 0.4) is 0 Å². The molecule has 1 amide bonds. The van der Waals surface area contributed by atoms with Gasteiger partial charge in [-0.15, -0.1) is 0 Å². The molecule has 1 aromatic rings. The molecular weight excluding hydrogens is 464 g/mol. The smallest absolute Gasteiger partial charge is 0.270 e. The average molecular weight is 501 g/mol. The summed E-state index contributed by atoms with van der Waals surface area (Å²) in [5, 5.41) is 9.84. The Morgan fingerprint density at radius 3 is 2.56 bits per heavy atom. The number of carbonyl (C=O) groups excluding carboxylic acids is 1. The Balaban J connectivity index is 2.15. The van der Waals surface area contributed by atoms with Crippen LogP contribution in [0.2, 0.25) is 0 Å². The van der Waals surface area contributed by atoms with E-state index in [1.54, 1.807) is 9.47 Å². The number of unbranched alkanes of at least 4 members (excludes halogenated alkanes) is 3. The van der Waals surface area contributed by atoms with Crippen molar-refractivity contribution in [1.29, 1.82) is 5.26 Å². The van der Waals surface area contributed by atoms with E-state index in [0.717, 1.165) is 69.4 Å². The summed E-state index contributed by atoms with van der Waals surface area (Å²) in [6, 6.07) is 2.14. The van der Waals surface area contributed by atoms with E-state index in [1.807, 2.05) is 13.0 Å². The maximum Gasteiger partial charge on any atom is 0.270 e. The number of thiocarbonyl (C=S) groups is 1. The van der Waals surface area contributed by atoms with Gasteiger partial charge < -0.3 is 4.90 Å². The van der Waals surface area contributed by atoms with Gasteiger partial charge in [0.15, 0.2) is 0 Å². The normalized spacial score (nSPS) is 19.9. The summed E-state index contributed by atoms with van der Waals surface area (Å²) in [6.07, 6.45) is 8.96. The third-order valence-electron chi connectivity index (χ3n) is 6.67. The van der Waals surface area contributed by atoms with Crippen LogP contribution in [0.25, 0.3) is 6.08 Å². The molecule has 2 aliphatic heterocycles. The molecule has 34 heavy (non-hydrogen) atoms. The van der Waals surface area contributed by atoms with E-state index >= 15 is 0 Å². The monoisotopic (exact) mass is 500 g/mol. The minimum atomic E-state index is -0.231. The van der Waals surface area contributed by atoms with E-state index < -0.39 is 0 Å². The van der Waals surface area contributed by atoms with E-state index in [4.69, 9.17) is 12.2 Å². The second-order valence-electron chi connectivity index (χ2n) is 9.39. The molecule has 0 aromatic carbocycles. The SMILES string of the molecule is CCCCCN1C(=O)C(=Cc2c(C)c(C#N)c(=O)n(CCCC)c2N2CCCC(C)C2)SC1=S. The van der Waals surface area contributed by atoms with Gasteiger partial charge >= 0.3 is 0 Å². The minimum absolute atomic E-state index is 0.0757. The van der Waals surface area contributed by atoms with E-state index in [9.17, 15) is 14.9 Å². The summed E-state index contributed by atoms with van der Waals surface area (Å²) in [5.74, 6) is 1.29. The summed E-state index contributed by atoms with van der Waals surface area (Å²) in [4.78, 5) is 31.2. The van der Waals surface area contributed by atoms with Gasteiger partial charge in [-0.25, -0.2) is 0 Å². The molecule has 2 fully saturated rings. The number of piperidine rings is 1. The molecule has 3 heterocycles. The predicted molar refractivity (Wildman–Crippen MR) is 145 cm³/mol. The van der Waals surface area contributed by atoms with Crippen molar-refractivity contribution < 1.29 is 4.79 Å². The second kappa shape index (κ2) is 12.0. The molecule has 1 unspecified atom stereocenters. The second-order valence-corrected chi connectivity index (χ2v) is 11.1. The number of rotatable bonds is 9. The standard InChI is InChI=1S/C26H36N4O2S2/c1-5-7-9-14-30-25(32)22(34-26(30)33)15-20-19(4)21(16-27)24(31)29(13-8-6-2)23(20)28-12-10-11-18(3)17-28/h15,18H,5-14,17H2,1-4H3. The van der Waals surface area contributed by atoms with Gasteiger partial charge in [0.2, 0.25) is 0 Å². The fourth-order valence-corrected chi connectivity index (χ4v) is 6.02. The van der Waals surface area contributed by atoms with Crippen molar-refractivity contribution >= 4 is 46.1 Å². The summed E-state index contributed by atoms with van der Waals surface area (Å²) in [5.41, 5.74) is 1.38. The summed E-state index contributed by atoms with van der Waals surface area (Å²) in [6.45, 7) is 11.2. The van der Waals surface area contributed by atoms with E-state index in [2.05, 4.69) is 31.7 Å². The summed E-state index contributed by atoms with van der Waals surface area (Å²) in [7, 11) is 0. The van der Waals surface area contributed by atoms with Crippen LogP contribution in [0, 0.1) is 24.2 Å². The Labute approximate surface area is 213 Å². The van der Waals surface area contributed by atoms with Crippen molar-refractivity contribution in [3.63, 3.8) is 0 Å². The third kappa shape index (κ3) is 5.58. The molecule has 0 spiro atoms. The van der Waals surface area contributed by atoms with Gasteiger partial charge in [0.25, 0.3) is 11.5 Å². The average Bonchev–Trinajstić information content (AvgIpc) is 3.07. The van der Waals surface area contributed by atoms with Crippen LogP contribution in [-0.2, 0) is 11.3 Å². The number of anilines is 1. The zero-order valence-corrected chi connectivity index (χ0v) is 22.5. The molecule has 1 atom stereocenters. The molecule has 0 bridgehead atoms. The van der Waals surface area contributed by atoms with Crippen molar-refractivity contribution in [3.05, 3.63) is 31.9 Å². The molecule has 0 radical (unpaired) electrons. The van der Waals surface area contributed by atoms with Crippen LogP contribution in [0.1, 0.15) is 82.4 Å². The Morgan fingerprint density at radius 2 is 1.91 bits per heavy atom. The van der Waals surface area contributed by atoms with Gasteiger partial charge in [0, 0.05) is 31.7 Å². The minimum Gasteiger partial charge on any atom is -0.357 e. The molecule has 0 aliphatic carbocycles. The summed E-state index contributed by atoms with van der Waals surface area (Å²) < 4.78 is 2.36. The number of hydrogen-bond acceptors (Lipinski definition) is 6. The Hall–Kier alpha value is -2.11. The predicted octanol–water partition coefficient (Wildman–Crippen LogP) is 5.46. The number of nitriles is 1. The maximum absolute atomic E-state index is 13.4. The van der Waals surface area contributed by atoms with Crippen LogP contribution in [0.5, 0.6) is 0 Å². The topological polar surface area (TPSA) is 69.3 Å². The fraction of sp³-hybridized carbons (Fsp3) is 0.615. The molecule has 1 aromatic heterocycles. The van der Waals surface area contributed by atoms with Gasteiger partial charge in [-0.2, -0.15) is 5.26 Å². The first-order chi connectivity index (χ1) is 16.3. The van der Waals surface area contributed by atoms with E-state index in [0.29, 0.717) is 33.8 Å². The quantitative estimate of drug-likeness (QED) is 0.255. The number of thioether (sulfide) groups is 1. The van der Waals surface area contributed by atoms with Gasteiger partial charge in [-0.05, 0) is 50.2 Å². The van der Waals surface area contributed by atoms with Crippen LogP contribution < -0.4 is 10.5 Å². The van der Waals surface area contributed by atoms with Crippen molar-refractivity contribution in [2.24, 2.45) is 5.92 Å². The number of hydrogen-bond donors (Lipinski definition) is 0. The van der Waals surface area contributed by atoms with Crippen LogP contribution in [0.4, 0.5) is 5.82 Å². The lowest BCUT2D eigenvalue weighted by atomic mass is 9.98. The van der Waals surface area contributed by atoms with Crippen molar-refractivity contribution in [2.75, 3.05) is 24.5 Å². The molecule has 2 saturated heterocycles. The van der Waals surface area contributed by atoms with Crippen LogP contribution in [-0.4, -0.2) is 39.3 Å². The molecule has 8 heteroatoms. The zero-order valence-electron chi connectivity index (χ0n) is 20.9. The van der Waals surface area contributed by atoms with Gasteiger partial charge in [-0.1, -0.05) is 64.0 Å². The molecule has 3 rings (SSSR count). The van der Waals surface area contributed by atoms with Crippen LogP contribution >= 0.6 is 24.0 Å². The van der Waals surface area contributed by atoms with Crippen molar-refractivity contribution in [1.82, 2.24) is 9.47 Å². The highest BCUT2D eigenvalue weighted by Crippen LogP contribution is 2.37. The highest BCUT2D eigenvalue weighted by atomic mass is 32.2.